The predicted octanol–water partition coefficient (Wildman–Crippen LogP) is 3.56. The van der Waals surface area contributed by atoms with Crippen molar-refractivity contribution in [2.24, 2.45) is 5.92 Å². The molecule has 0 bridgehead atoms. The van der Waals surface area contributed by atoms with E-state index in [1.54, 1.807) is 0 Å². The van der Waals surface area contributed by atoms with E-state index in [9.17, 15) is 0 Å². The van der Waals surface area contributed by atoms with Gasteiger partial charge < -0.3 is 5.32 Å². The van der Waals surface area contributed by atoms with Gasteiger partial charge in [0.05, 0.1) is 0 Å². The van der Waals surface area contributed by atoms with E-state index in [1.165, 1.54) is 83.8 Å². The van der Waals surface area contributed by atoms with Gasteiger partial charge in [-0.25, -0.2) is 0 Å². The first-order valence-corrected chi connectivity index (χ1v) is 8.81. The maximum Gasteiger partial charge on any atom is 0.0334 e. The predicted molar refractivity (Wildman–Crippen MR) is 81.4 cm³/mol. The van der Waals surface area contributed by atoms with Gasteiger partial charge in [-0.05, 0) is 38.0 Å². The number of piperazine rings is 1. The van der Waals surface area contributed by atoms with Crippen LogP contribution >= 0.6 is 0 Å². The molecule has 1 heterocycles. The molecule has 110 valence electrons. The molecule has 1 atom stereocenters. The zero-order valence-corrected chi connectivity index (χ0v) is 12.8. The molecule has 0 radical (unpaired) electrons. The average Bonchev–Trinajstić information content (AvgIpc) is 3.06. The van der Waals surface area contributed by atoms with Crippen LogP contribution in [0.25, 0.3) is 0 Å². The molecule has 2 saturated carbocycles. The lowest BCUT2D eigenvalue weighted by atomic mass is 9.88. The molecular weight excluding hydrogens is 232 g/mol. The molecule has 1 unspecified atom stereocenters. The summed E-state index contributed by atoms with van der Waals surface area (Å²) in [6.07, 6.45) is 14.5. The van der Waals surface area contributed by atoms with E-state index in [1.807, 2.05) is 0 Å². The van der Waals surface area contributed by atoms with Crippen LogP contribution in [0.4, 0.5) is 0 Å². The summed E-state index contributed by atoms with van der Waals surface area (Å²) >= 11 is 0. The third-order valence-electron chi connectivity index (χ3n) is 5.96. The third kappa shape index (κ3) is 3.00. The Morgan fingerprint density at radius 3 is 2.53 bits per heavy atom. The van der Waals surface area contributed by atoms with Gasteiger partial charge >= 0.3 is 0 Å². The number of nitrogens with zero attached hydrogens (tertiary/aromatic N) is 1. The van der Waals surface area contributed by atoms with E-state index in [0.717, 1.165) is 12.0 Å². The Balaban J connectivity index is 1.65. The topological polar surface area (TPSA) is 15.3 Å². The molecule has 0 aromatic heterocycles. The van der Waals surface area contributed by atoms with Crippen molar-refractivity contribution in [3.8, 4) is 0 Å². The van der Waals surface area contributed by atoms with E-state index >= 15 is 0 Å². The summed E-state index contributed by atoms with van der Waals surface area (Å²) in [5, 5.41) is 3.87. The highest BCUT2D eigenvalue weighted by Crippen LogP contribution is 2.39. The average molecular weight is 264 g/mol. The summed E-state index contributed by atoms with van der Waals surface area (Å²) in [6.45, 7) is 6.32. The van der Waals surface area contributed by atoms with Gasteiger partial charge in [-0.1, -0.05) is 39.0 Å². The lowest BCUT2D eigenvalue weighted by Gasteiger charge is -2.49. The molecule has 2 aliphatic carbocycles. The zero-order chi connectivity index (χ0) is 13.1. The molecule has 0 aromatic carbocycles. The fourth-order valence-electron chi connectivity index (χ4n) is 4.81. The van der Waals surface area contributed by atoms with Crippen LogP contribution in [-0.2, 0) is 0 Å². The van der Waals surface area contributed by atoms with Gasteiger partial charge in [0.1, 0.15) is 0 Å². The first-order chi connectivity index (χ1) is 9.32. The van der Waals surface area contributed by atoms with Crippen LogP contribution in [0.1, 0.15) is 71.1 Å². The quantitative estimate of drug-likeness (QED) is 0.835. The van der Waals surface area contributed by atoms with Crippen LogP contribution in [0, 0.1) is 5.92 Å². The second kappa shape index (κ2) is 6.13. The second-order valence-corrected chi connectivity index (χ2v) is 7.35. The van der Waals surface area contributed by atoms with Crippen LogP contribution in [0.5, 0.6) is 0 Å². The molecule has 1 N–H and O–H groups in total. The van der Waals surface area contributed by atoms with E-state index in [0.29, 0.717) is 5.54 Å². The highest BCUT2D eigenvalue weighted by Gasteiger charge is 2.43. The minimum Gasteiger partial charge on any atom is -0.311 e. The first-order valence-electron chi connectivity index (χ1n) is 8.81. The summed E-state index contributed by atoms with van der Waals surface area (Å²) in [5.41, 5.74) is 0.548. The van der Waals surface area contributed by atoms with E-state index in [4.69, 9.17) is 0 Å². The van der Waals surface area contributed by atoms with E-state index in [-0.39, 0.29) is 0 Å². The summed E-state index contributed by atoms with van der Waals surface area (Å²) in [5.74, 6) is 1.01. The van der Waals surface area contributed by atoms with Crippen molar-refractivity contribution in [2.45, 2.75) is 82.7 Å². The van der Waals surface area contributed by atoms with Crippen LogP contribution in [0.2, 0.25) is 0 Å². The number of hydrogen-bond acceptors (Lipinski definition) is 2. The van der Waals surface area contributed by atoms with Crippen molar-refractivity contribution in [1.82, 2.24) is 10.2 Å². The highest BCUT2D eigenvalue weighted by molar-refractivity contribution is 5.02. The normalized spacial score (nSPS) is 32.4. The minimum absolute atomic E-state index is 0.548. The zero-order valence-electron chi connectivity index (χ0n) is 12.8. The Kier molecular flexibility index (Phi) is 4.48. The van der Waals surface area contributed by atoms with Gasteiger partial charge in [0.25, 0.3) is 0 Å². The molecule has 1 spiro atoms. The molecule has 2 nitrogen and oxygen atoms in total. The molecule has 19 heavy (non-hydrogen) atoms. The van der Waals surface area contributed by atoms with Crippen molar-refractivity contribution < 1.29 is 0 Å². The van der Waals surface area contributed by atoms with Crippen molar-refractivity contribution in [2.75, 3.05) is 19.6 Å². The third-order valence-corrected chi connectivity index (χ3v) is 5.96. The Hall–Kier alpha value is -0.0800. The van der Waals surface area contributed by atoms with Gasteiger partial charge in [0, 0.05) is 31.2 Å². The molecule has 3 aliphatic rings. The molecule has 0 amide bonds. The smallest absolute Gasteiger partial charge is 0.0334 e. The maximum absolute atomic E-state index is 3.87. The molecule has 1 saturated heterocycles. The Bertz CT molecular complexity index is 277. The van der Waals surface area contributed by atoms with Gasteiger partial charge in [-0.2, -0.15) is 0 Å². The van der Waals surface area contributed by atoms with E-state index in [2.05, 4.69) is 17.1 Å². The number of hydrogen-bond donors (Lipinski definition) is 1. The Morgan fingerprint density at radius 1 is 1.11 bits per heavy atom. The maximum atomic E-state index is 3.87. The summed E-state index contributed by atoms with van der Waals surface area (Å²) in [4.78, 5) is 2.94. The lowest BCUT2D eigenvalue weighted by Crippen LogP contribution is -2.64. The van der Waals surface area contributed by atoms with Crippen LogP contribution < -0.4 is 5.32 Å². The van der Waals surface area contributed by atoms with Crippen LogP contribution in [0.15, 0.2) is 0 Å². The van der Waals surface area contributed by atoms with E-state index < -0.39 is 0 Å². The van der Waals surface area contributed by atoms with Crippen molar-refractivity contribution in [3.05, 3.63) is 0 Å². The fraction of sp³-hybridized carbons (Fsp3) is 1.00. The number of nitrogens with one attached hydrogen (secondary N) is 1. The van der Waals surface area contributed by atoms with Crippen LogP contribution in [0.3, 0.4) is 0 Å². The fourth-order valence-corrected chi connectivity index (χ4v) is 4.81. The molecule has 3 fully saturated rings. The van der Waals surface area contributed by atoms with Gasteiger partial charge in [0.2, 0.25) is 0 Å². The molecule has 2 heteroatoms. The monoisotopic (exact) mass is 264 g/mol. The largest absolute Gasteiger partial charge is 0.311 e. The summed E-state index contributed by atoms with van der Waals surface area (Å²) < 4.78 is 0. The van der Waals surface area contributed by atoms with Gasteiger partial charge in [-0.15, -0.1) is 0 Å². The first kappa shape index (κ1) is 13.9. The highest BCUT2D eigenvalue weighted by atomic mass is 15.3. The molecular formula is C17H32N2. The minimum atomic E-state index is 0.548. The van der Waals surface area contributed by atoms with Crippen molar-refractivity contribution in [3.63, 3.8) is 0 Å². The Morgan fingerprint density at radius 2 is 1.84 bits per heavy atom. The van der Waals surface area contributed by atoms with Crippen molar-refractivity contribution >= 4 is 0 Å². The standard InChI is InChI=1S/C17H32N2/c1-2-7-16-13-19(12-15-8-3-4-9-15)17(14-18-16)10-5-6-11-17/h15-16,18H,2-14H2,1H3. The molecule has 3 rings (SSSR count). The lowest BCUT2D eigenvalue weighted by molar-refractivity contribution is 0.0281. The molecule has 0 aromatic rings. The Labute approximate surface area is 119 Å². The summed E-state index contributed by atoms with van der Waals surface area (Å²) in [7, 11) is 0. The van der Waals surface area contributed by atoms with Crippen molar-refractivity contribution in [1.29, 1.82) is 0 Å². The molecule has 1 aliphatic heterocycles. The second-order valence-electron chi connectivity index (χ2n) is 7.35. The van der Waals surface area contributed by atoms with Crippen LogP contribution in [-0.4, -0.2) is 36.1 Å². The van der Waals surface area contributed by atoms with Gasteiger partial charge in [0.15, 0.2) is 0 Å². The SMILES string of the molecule is CCCC1CN(CC2CCCC2)C2(CCCC2)CN1. The number of rotatable bonds is 4. The van der Waals surface area contributed by atoms with Gasteiger partial charge in [-0.3, -0.25) is 4.90 Å². The summed E-state index contributed by atoms with van der Waals surface area (Å²) in [6, 6.07) is 0.762.